The van der Waals surface area contributed by atoms with Crippen molar-refractivity contribution in [1.29, 1.82) is 0 Å². The quantitative estimate of drug-likeness (QED) is 0.580. The van der Waals surface area contributed by atoms with Crippen LogP contribution in [0.2, 0.25) is 0 Å². The lowest BCUT2D eigenvalue weighted by Crippen LogP contribution is -2.34. The van der Waals surface area contributed by atoms with Crippen molar-refractivity contribution in [3.05, 3.63) is 28.8 Å². The molecule has 0 unspecified atom stereocenters. The van der Waals surface area contributed by atoms with Gasteiger partial charge in [-0.15, -0.1) is 5.10 Å². The number of nitrogens with two attached hydrogens (primary N) is 1. The summed E-state index contributed by atoms with van der Waals surface area (Å²) >= 11 is 1.13. The summed E-state index contributed by atoms with van der Waals surface area (Å²) in [5, 5.41) is 12.1. The highest BCUT2D eigenvalue weighted by molar-refractivity contribution is 7.99. The molecule has 0 spiro atoms. The van der Waals surface area contributed by atoms with Crippen molar-refractivity contribution >= 4 is 35.2 Å². The lowest BCUT2D eigenvalue weighted by molar-refractivity contribution is -0.122. The Bertz CT molecular complexity index is 735. The Morgan fingerprint density at radius 3 is 2.46 bits per heavy atom. The molecular weight excluding hydrogens is 328 g/mol. The molecule has 2 aromatic rings. The smallest absolute Gasteiger partial charge is 0.243 e. The molecule has 0 aliphatic carbocycles. The van der Waals surface area contributed by atoms with Crippen LogP contribution in [0, 0.1) is 20.8 Å². The van der Waals surface area contributed by atoms with E-state index in [1.54, 1.807) is 0 Å². The van der Waals surface area contributed by atoms with Gasteiger partial charge in [-0.25, -0.2) is 5.10 Å². The number of anilines is 2. The number of hydrogen-bond acceptors (Lipinski definition) is 6. The Labute approximate surface area is 144 Å². The van der Waals surface area contributed by atoms with E-state index >= 15 is 0 Å². The van der Waals surface area contributed by atoms with Crippen LogP contribution in [-0.4, -0.2) is 39.3 Å². The molecule has 0 atom stereocenters. The fraction of sp³-hybridized carbons (Fsp3) is 0.333. The first kappa shape index (κ1) is 17.8. The second kappa shape index (κ2) is 7.82. The van der Waals surface area contributed by atoms with Gasteiger partial charge in [-0.1, -0.05) is 29.5 Å². The van der Waals surface area contributed by atoms with Crippen LogP contribution in [0.5, 0.6) is 0 Å². The second-order valence-electron chi connectivity index (χ2n) is 5.39. The van der Waals surface area contributed by atoms with Crippen LogP contribution in [-0.2, 0) is 9.59 Å². The third kappa shape index (κ3) is 4.98. The number of rotatable bonds is 6. The molecule has 0 bridgehead atoms. The van der Waals surface area contributed by atoms with Gasteiger partial charge in [0.2, 0.25) is 22.9 Å². The molecule has 2 rings (SSSR count). The van der Waals surface area contributed by atoms with Gasteiger partial charge in [-0.2, -0.15) is 4.98 Å². The molecule has 1 aromatic heterocycles. The number of nitrogen functional groups attached to an aromatic ring is 1. The summed E-state index contributed by atoms with van der Waals surface area (Å²) in [6.07, 6.45) is 0. The fourth-order valence-electron chi connectivity index (χ4n) is 2.24. The number of aromatic nitrogens is 3. The predicted octanol–water partition coefficient (Wildman–Crippen LogP) is 1.16. The number of benzene rings is 1. The number of nitrogens with one attached hydrogen (secondary N) is 3. The maximum absolute atomic E-state index is 12.0. The lowest BCUT2D eigenvalue weighted by Gasteiger charge is -2.13. The third-order valence-electron chi connectivity index (χ3n) is 3.20. The minimum atomic E-state index is -0.282. The average Bonchev–Trinajstić information content (AvgIpc) is 2.92. The van der Waals surface area contributed by atoms with Crippen molar-refractivity contribution in [1.82, 2.24) is 20.5 Å². The second-order valence-corrected chi connectivity index (χ2v) is 6.33. The molecule has 0 radical (unpaired) electrons. The van der Waals surface area contributed by atoms with Crippen LogP contribution in [0.1, 0.15) is 16.7 Å². The van der Waals surface area contributed by atoms with Gasteiger partial charge in [-0.3, -0.25) is 9.59 Å². The number of amides is 2. The van der Waals surface area contributed by atoms with Crippen molar-refractivity contribution in [3.63, 3.8) is 0 Å². The van der Waals surface area contributed by atoms with Crippen molar-refractivity contribution in [2.45, 2.75) is 25.9 Å². The molecule has 0 aliphatic rings. The number of hydrogen-bond donors (Lipinski definition) is 4. The Kier molecular flexibility index (Phi) is 5.80. The van der Waals surface area contributed by atoms with E-state index in [-0.39, 0.29) is 30.1 Å². The first-order chi connectivity index (χ1) is 11.3. The van der Waals surface area contributed by atoms with Gasteiger partial charge >= 0.3 is 0 Å². The van der Waals surface area contributed by atoms with Crippen molar-refractivity contribution in [2.75, 3.05) is 23.3 Å². The zero-order valence-electron chi connectivity index (χ0n) is 13.8. The van der Waals surface area contributed by atoms with Crippen LogP contribution in [0.3, 0.4) is 0 Å². The van der Waals surface area contributed by atoms with E-state index in [2.05, 4.69) is 25.8 Å². The van der Waals surface area contributed by atoms with Crippen LogP contribution < -0.4 is 16.4 Å². The molecule has 5 N–H and O–H groups in total. The minimum Gasteiger partial charge on any atom is -0.368 e. The standard InChI is InChI=1S/C15H20N6O2S/c1-8-4-9(2)13(10(3)5-8)18-11(22)6-17-12(23)7-24-15-19-14(16)20-21-15/h4-5H,6-7H2,1-3H3,(H,17,23)(H,18,22)(H3,16,19,20,21). The molecule has 1 heterocycles. The molecule has 9 heteroatoms. The van der Waals surface area contributed by atoms with E-state index < -0.39 is 0 Å². The number of aryl methyl sites for hydroxylation is 3. The van der Waals surface area contributed by atoms with Gasteiger partial charge in [0.15, 0.2) is 0 Å². The number of thioether (sulfide) groups is 1. The summed E-state index contributed by atoms with van der Waals surface area (Å²) in [5.41, 5.74) is 9.30. The highest BCUT2D eigenvalue weighted by Gasteiger charge is 2.11. The lowest BCUT2D eigenvalue weighted by atomic mass is 10.1. The van der Waals surface area contributed by atoms with E-state index in [1.807, 2.05) is 32.9 Å². The summed E-state index contributed by atoms with van der Waals surface area (Å²) < 4.78 is 0. The Hall–Kier alpha value is -2.55. The topological polar surface area (TPSA) is 126 Å². The molecule has 0 saturated heterocycles. The van der Waals surface area contributed by atoms with Crippen LogP contribution >= 0.6 is 11.8 Å². The molecule has 8 nitrogen and oxygen atoms in total. The normalized spacial score (nSPS) is 10.5. The number of carbonyl (C=O) groups excluding carboxylic acids is 2. The molecule has 0 saturated carbocycles. The molecule has 0 aliphatic heterocycles. The molecule has 128 valence electrons. The van der Waals surface area contributed by atoms with Crippen LogP contribution in [0.25, 0.3) is 0 Å². The molecule has 1 aromatic carbocycles. The highest BCUT2D eigenvalue weighted by Crippen LogP contribution is 2.21. The summed E-state index contributed by atoms with van der Waals surface area (Å²) in [7, 11) is 0. The summed E-state index contributed by atoms with van der Waals surface area (Å²) in [4.78, 5) is 27.6. The van der Waals surface area contributed by atoms with E-state index in [0.29, 0.717) is 5.16 Å². The van der Waals surface area contributed by atoms with E-state index in [1.165, 1.54) is 0 Å². The minimum absolute atomic E-state index is 0.0950. The first-order valence-electron chi connectivity index (χ1n) is 7.30. The van der Waals surface area contributed by atoms with Gasteiger partial charge in [0, 0.05) is 5.69 Å². The summed E-state index contributed by atoms with van der Waals surface area (Å²) in [5.74, 6) is -0.254. The first-order valence-corrected chi connectivity index (χ1v) is 8.29. The van der Waals surface area contributed by atoms with E-state index in [9.17, 15) is 9.59 Å². The van der Waals surface area contributed by atoms with Crippen molar-refractivity contribution < 1.29 is 9.59 Å². The number of H-pyrrole nitrogens is 1. The fourth-order valence-corrected chi connectivity index (χ4v) is 2.88. The zero-order valence-corrected chi connectivity index (χ0v) is 14.6. The highest BCUT2D eigenvalue weighted by atomic mass is 32.2. The molecular formula is C15H20N6O2S. The van der Waals surface area contributed by atoms with Gasteiger partial charge in [-0.05, 0) is 31.9 Å². The van der Waals surface area contributed by atoms with Gasteiger partial charge in [0.1, 0.15) is 0 Å². The largest absolute Gasteiger partial charge is 0.368 e. The molecule has 2 amide bonds. The van der Waals surface area contributed by atoms with E-state index in [0.717, 1.165) is 34.1 Å². The Morgan fingerprint density at radius 1 is 1.21 bits per heavy atom. The maximum Gasteiger partial charge on any atom is 0.243 e. The van der Waals surface area contributed by atoms with Gasteiger partial charge in [0.05, 0.1) is 12.3 Å². The SMILES string of the molecule is Cc1cc(C)c(NC(=O)CNC(=O)CSc2n[nH]c(N)n2)c(C)c1. The summed E-state index contributed by atoms with van der Waals surface area (Å²) in [6, 6.07) is 4.00. The molecule has 24 heavy (non-hydrogen) atoms. The number of aromatic amines is 1. The maximum atomic E-state index is 12.0. The number of carbonyl (C=O) groups is 2. The van der Waals surface area contributed by atoms with Crippen molar-refractivity contribution in [2.24, 2.45) is 0 Å². The van der Waals surface area contributed by atoms with Crippen LogP contribution in [0.4, 0.5) is 11.6 Å². The van der Waals surface area contributed by atoms with Gasteiger partial charge in [0.25, 0.3) is 0 Å². The zero-order chi connectivity index (χ0) is 17.7. The van der Waals surface area contributed by atoms with Crippen LogP contribution in [0.15, 0.2) is 17.3 Å². The monoisotopic (exact) mass is 348 g/mol. The van der Waals surface area contributed by atoms with Gasteiger partial charge < -0.3 is 16.4 Å². The number of nitrogens with zero attached hydrogens (tertiary/aromatic N) is 2. The third-order valence-corrected chi connectivity index (χ3v) is 4.05. The Morgan fingerprint density at radius 2 is 1.88 bits per heavy atom. The van der Waals surface area contributed by atoms with Crippen molar-refractivity contribution in [3.8, 4) is 0 Å². The Balaban J connectivity index is 1.79. The average molecular weight is 348 g/mol. The van der Waals surface area contributed by atoms with E-state index in [4.69, 9.17) is 5.73 Å². The summed E-state index contributed by atoms with van der Waals surface area (Å²) in [6.45, 7) is 5.79. The molecule has 0 fully saturated rings. The predicted molar refractivity (Wildman–Crippen MR) is 93.8 cm³/mol.